The maximum Gasteiger partial charge on any atom is 0.305 e. The first-order valence-corrected chi connectivity index (χ1v) is 5.13. The molecule has 0 aromatic rings. The molecule has 0 unspecified atom stereocenters. The monoisotopic (exact) mass is 221 g/mol. The van der Waals surface area contributed by atoms with Crippen molar-refractivity contribution in [3.05, 3.63) is 0 Å². The maximum atomic E-state index is 10.7. The van der Waals surface area contributed by atoms with Crippen LogP contribution in [0, 0.1) is 0 Å². The van der Waals surface area contributed by atoms with Crippen LogP contribution in [0.15, 0.2) is 0 Å². The van der Waals surface area contributed by atoms with Crippen molar-refractivity contribution in [2.75, 3.05) is 19.5 Å². The van der Waals surface area contributed by atoms with Crippen LogP contribution in [-0.2, 0) is 14.3 Å². The number of amides is 1. The van der Waals surface area contributed by atoms with Crippen LogP contribution in [0.25, 0.3) is 0 Å². The van der Waals surface area contributed by atoms with Crippen LogP contribution in [0.5, 0.6) is 0 Å². The van der Waals surface area contributed by atoms with Crippen molar-refractivity contribution in [3.8, 4) is 0 Å². The standard InChI is InChI=1S/C9H16ClNO3/c1-14-9(13)5-3-2-4-6-11-8(12)7-10/h2-7H2,1H3,(H,11,12). The van der Waals surface area contributed by atoms with Gasteiger partial charge in [-0.05, 0) is 12.8 Å². The van der Waals surface area contributed by atoms with E-state index in [2.05, 4.69) is 10.1 Å². The zero-order chi connectivity index (χ0) is 10.8. The molecule has 0 rings (SSSR count). The van der Waals surface area contributed by atoms with E-state index in [0.717, 1.165) is 19.3 Å². The Hall–Kier alpha value is -0.770. The molecule has 0 spiro atoms. The van der Waals surface area contributed by atoms with Crippen molar-refractivity contribution < 1.29 is 14.3 Å². The fourth-order valence-corrected chi connectivity index (χ4v) is 1.04. The van der Waals surface area contributed by atoms with Gasteiger partial charge in [0, 0.05) is 13.0 Å². The summed E-state index contributed by atoms with van der Waals surface area (Å²) in [7, 11) is 1.38. The highest BCUT2D eigenvalue weighted by atomic mass is 35.5. The number of rotatable bonds is 7. The third-order valence-electron chi connectivity index (χ3n) is 1.73. The van der Waals surface area contributed by atoms with Gasteiger partial charge in [0.05, 0.1) is 7.11 Å². The van der Waals surface area contributed by atoms with Crippen molar-refractivity contribution in [3.63, 3.8) is 0 Å². The summed E-state index contributed by atoms with van der Waals surface area (Å²) < 4.78 is 4.49. The first-order valence-electron chi connectivity index (χ1n) is 4.60. The fourth-order valence-electron chi connectivity index (χ4n) is 0.948. The molecule has 0 aliphatic rings. The van der Waals surface area contributed by atoms with Gasteiger partial charge in [0.1, 0.15) is 5.88 Å². The molecule has 82 valence electrons. The molecule has 14 heavy (non-hydrogen) atoms. The van der Waals surface area contributed by atoms with Gasteiger partial charge in [-0.1, -0.05) is 6.42 Å². The molecular formula is C9H16ClNO3. The van der Waals surface area contributed by atoms with Gasteiger partial charge in [0.15, 0.2) is 0 Å². The number of alkyl halides is 1. The van der Waals surface area contributed by atoms with Crippen LogP contribution in [0.4, 0.5) is 0 Å². The molecule has 0 aromatic heterocycles. The number of methoxy groups -OCH3 is 1. The summed E-state index contributed by atoms with van der Waals surface area (Å²) in [6.07, 6.45) is 3.00. The Morgan fingerprint density at radius 1 is 1.29 bits per heavy atom. The topological polar surface area (TPSA) is 55.4 Å². The second kappa shape index (κ2) is 8.81. The average molecular weight is 222 g/mol. The predicted octanol–water partition coefficient (Wildman–Crippen LogP) is 1.07. The SMILES string of the molecule is COC(=O)CCCCCNC(=O)CCl. The maximum absolute atomic E-state index is 10.7. The van der Waals surface area contributed by atoms with Crippen LogP contribution in [0.3, 0.4) is 0 Å². The average Bonchev–Trinajstić information content (AvgIpc) is 2.22. The highest BCUT2D eigenvalue weighted by molar-refractivity contribution is 6.27. The van der Waals surface area contributed by atoms with E-state index in [1.165, 1.54) is 7.11 Å². The summed E-state index contributed by atoms with van der Waals surface area (Å²) >= 11 is 5.28. The molecule has 0 bridgehead atoms. The number of nitrogens with one attached hydrogen (secondary N) is 1. The summed E-state index contributed by atoms with van der Waals surface area (Å²) in [4.78, 5) is 21.4. The zero-order valence-electron chi connectivity index (χ0n) is 8.35. The summed E-state index contributed by atoms with van der Waals surface area (Å²) in [6, 6.07) is 0. The van der Waals surface area contributed by atoms with E-state index >= 15 is 0 Å². The van der Waals surface area contributed by atoms with E-state index in [1.54, 1.807) is 0 Å². The number of carbonyl (C=O) groups is 2. The summed E-state index contributed by atoms with van der Waals surface area (Å²) in [5.41, 5.74) is 0. The first-order chi connectivity index (χ1) is 6.70. The Balaban J connectivity index is 3.14. The van der Waals surface area contributed by atoms with Gasteiger partial charge in [0.2, 0.25) is 5.91 Å². The lowest BCUT2D eigenvalue weighted by Gasteiger charge is -2.02. The number of hydrogen-bond donors (Lipinski definition) is 1. The van der Waals surface area contributed by atoms with Crippen molar-refractivity contribution in [2.24, 2.45) is 0 Å². The van der Waals surface area contributed by atoms with Gasteiger partial charge in [-0.2, -0.15) is 0 Å². The molecule has 0 aliphatic carbocycles. The van der Waals surface area contributed by atoms with E-state index in [4.69, 9.17) is 11.6 Å². The quantitative estimate of drug-likeness (QED) is 0.398. The Morgan fingerprint density at radius 2 is 2.00 bits per heavy atom. The van der Waals surface area contributed by atoms with Crippen molar-refractivity contribution in [1.82, 2.24) is 5.32 Å². The number of esters is 1. The molecule has 1 N–H and O–H groups in total. The molecule has 0 saturated carbocycles. The minimum Gasteiger partial charge on any atom is -0.469 e. The highest BCUT2D eigenvalue weighted by Gasteiger charge is 2.00. The zero-order valence-corrected chi connectivity index (χ0v) is 9.10. The van der Waals surface area contributed by atoms with Crippen molar-refractivity contribution in [2.45, 2.75) is 25.7 Å². The molecule has 1 amide bonds. The van der Waals surface area contributed by atoms with E-state index in [0.29, 0.717) is 13.0 Å². The minimum absolute atomic E-state index is 0.00214. The Morgan fingerprint density at radius 3 is 2.57 bits per heavy atom. The third kappa shape index (κ3) is 7.86. The molecule has 0 radical (unpaired) electrons. The summed E-state index contributed by atoms with van der Waals surface area (Å²) in [5, 5.41) is 2.65. The number of unbranched alkanes of at least 4 members (excludes halogenated alkanes) is 2. The number of carbonyl (C=O) groups excluding carboxylic acids is 2. The lowest BCUT2D eigenvalue weighted by Crippen LogP contribution is -2.25. The second-order valence-electron chi connectivity index (χ2n) is 2.87. The van der Waals surface area contributed by atoms with Gasteiger partial charge in [-0.15, -0.1) is 11.6 Å². The van der Waals surface area contributed by atoms with Crippen molar-refractivity contribution >= 4 is 23.5 Å². The molecule has 4 nitrogen and oxygen atoms in total. The lowest BCUT2D eigenvalue weighted by molar-refractivity contribution is -0.140. The van der Waals surface area contributed by atoms with Crippen LogP contribution in [0.2, 0.25) is 0 Å². The molecule has 5 heteroatoms. The highest BCUT2D eigenvalue weighted by Crippen LogP contribution is 1.99. The molecule has 0 saturated heterocycles. The Kier molecular flexibility index (Phi) is 8.33. The summed E-state index contributed by atoms with van der Waals surface area (Å²) in [6.45, 7) is 0.618. The van der Waals surface area contributed by atoms with Gasteiger partial charge >= 0.3 is 5.97 Å². The fraction of sp³-hybridized carbons (Fsp3) is 0.778. The second-order valence-corrected chi connectivity index (χ2v) is 3.14. The molecule has 0 fully saturated rings. The first kappa shape index (κ1) is 13.2. The molecule has 0 aliphatic heterocycles. The Labute approximate surface area is 88.9 Å². The normalized spacial score (nSPS) is 9.57. The number of ether oxygens (including phenoxy) is 1. The van der Waals surface area contributed by atoms with Gasteiger partial charge in [-0.25, -0.2) is 0 Å². The van der Waals surface area contributed by atoms with Crippen LogP contribution < -0.4 is 5.32 Å². The number of halogens is 1. The van der Waals surface area contributed by atoms with Crippen LogP contribution >= 0.6 is 11.6 Å². The molecule has 0 heterocycles. The largest absolute Gasteiger partial charge is 0.469 e. The smallest absolute Gasteiger partial charge is 0.305 e. The van der Waals surface area contributed by atoms with E-state index < -0.39 is 0 Å². The predicted molar refractivity (Wildman–Crippen MR) is 54.2 cm³/mol. The molecular weight excluding hydrogens is 206 g/mol. The van der Waals surface area contributed by atoms with Gasteiger partial charge < -0.3 is 10.1 Å². The third-order valence-corrected chi connectivity index (χ3v) is 1.97. The van der Waals surface area contributed by atoms with E-state index in [-0.39, 0.29) is 17.8 Å². The lowest BCUT2D eigenvalue weighted by atomic mass is 10.2. The minimum atomic E-state index is -0.185. The van der Waals surface area contributed by atoms with Crippen molar-refractivity contribution in [1.29, 1.82) is 0 Å². The van der Waals surface area contributed by atoms with Gasteiger partial charge in [0.25, 0.3) is 0 Å². The van der Waals surface area contributed by atoms with Crippen LogP contribution in [-0.4, -0.2) is 31.4 Å². The summed E-state index contributed by atoms with van der Waals surface area (Å²) in [5.74, 6) is -0.336. The van der Waals surface area contributed by atoms with E-state index in [9.17, 15) is 9.59 Å². The van der Waals surface area contributed by atoms with Gasteiger partial charge in [-0.3, -0.25) is 9.59 Å². The Bertz CT molecular complexity index is 165. The molecule has 0 aromatic carbocycles. The van der Waals surface area contributed by atoms with E-state index in [1.807, 2.05) is 0 Å². The van der Waals surface area contributed by atoms with Crippen LogP contribution in [0.1, 0.15) is 25.7 Å². The number of hydrogen-bond acceptors (Lipinski definition) is 3. The molecule has 0 atom stereocenters.